The van der Waals surface area contributed by atoms with Crippen molar-refractivity contribution >= 4 is 5.91 Å². The first-order chi connectivity index (χ1) is 9.52. The molecule has 2 atom stereocenters. The molecule has 0 aliphatic heterocycles. The number of amides is 1. The molecule has 3 heteroatoms. The van der Waals surface area contributed by atoms with Crippen molar-refractivity contribution in [3.63, 3.8) is 0 Å². The third-order valence-corrected chi connectivity index (χ3v) is 3.86. The SMILES string of the molecule is Cc1ccc(C(=O)N(C)CC2CC2C)c(C#CCN)c1. The molecule has 0 bridgehead atoms. The maximum absolute atomic E-state index is 12.5. The lowest BCUT2D eigenvalue weighted by Gasteiger charge is -2.18. The Labute approximate surface area is 121 Å². The van der Waals surface area contributed by atoms with Gasteiger partial charge in [-0.1, -0.05) is 24.8 Å². The zero-order valence-corrected chi connectivity index (χ0v) is 12.4. The molecule has 0 saturated heterocycles. The van der Waals surface area contributed by atoms with Gasteiger partial charge in [0, 0.05) is 19.2 Å². The van der Waals surface area contributed by atoms with Crippen LogP contribution >= 0.6 is 0 Å². The quantitative estimate of drug-likeness (QED) is 0.854. The van der Waals surface area contributed by atoms with Gasteiger partial charge in [-0.15, -0.1) is 0 Å². The number of hydrogen-bond acceptors (Lipinski definition) is 2. The number of hydrogen-bond donors (Lipinski definition) is 1. The van der Waals surface area contributed by atoms with Crippen LogP contribution in [-0.2, 0) is 0 Å². The maximum atomic E-state index is 12.5. The van der Waals surface area contributed by atoms with E-state index in [0.717, 1.165) is 23.6 Å². The molecular weight excluding hydrogens is 248 g/mol. The predicted octanol–water partition coefficient (Wildman–Crippen LogP) is 2.03. The average molecular weight is 270 g/mol. The highest BCUT2D eigenvalue weighted by atomic mass is 16.2. The first kappa shape index (κ1) is 14.6. The summed E-state index contributed by atoms with van der Waals surface area (Å²) in [6, 6.07) is 5.77. The van der Waals surface area contributed by atoms with Crippen molar-refractivity contribution in [2.75, 3.05) is 20.1 Å². The first-order valence-electron chi connectivity index (χ1n) is 7.08. The minimum absolute atomic E-state index is 0.0467. The molecule has 1 fully saturated rings. The fourth-order valence-corrected chi connectivity index (χ4v) is 2.39. The second-order valence-electron chi connectivity index (χ2n) is 5.71. The second-order valence-corrected chi connectivity index (χ2v) is 5.71. The molecule has 2 N–H and O–H groups in total. The highest BCUT2D eigenvalue weighted by Gasteiger charge is 2.34. The van der Waals surface area contributed by atoms with E-state index in [1.165, 1.54) is 6.42 Å². The van der Waals surface area contributed by atoms with Crippen molar-refractivity contribution in [3.8, 4) is 11.8 Å². The van der Waals surface area contributed by atoms with E-state index in [9.17, 15) is 4.79 Å². The van der Waals surface area contributed by atoms with E-state index >= 15 is 0 Å². The summed E-state index contributed by atoms with van der Waals surface area (Å²) >= 11 is 0. The summed E-state index contributed by atoms with van der Waals surface area (Å²) in [4.78, 5) is 14.3. The van der Waals surface area contributed by atoms with E-state index in [1.54, 1.807) is 0 Å². The van der Waals surface area contributed by atoms with E-state index in [-0.39, 0.29) is 5.91 Å². The maximum Gasteiger partial charge on any atom is 0.254 e. The Morgan fingerprint density at radius 3 is 2.80 bits per heavy atom. The number of nitrogens with zero attached hydrogens (tertiary/aromatic N) is 1. The minimum Gasteiger partial charge on any atom is -0.341 e. The molecule has 1 aromatic rings. The van der Waals surface area contributed by atoms with Crippen molar-refractivity contribution in [2.24, 2.45) is 17.6 Å². The number of carbonyl (C=O) groups excluding carboxylic acids is 1. The summed E-state index contributed by atoms with van der Waals surface area (Å²) in [5.74, 6) is 7.29. The smallest absolute Gasteiger partial charge is 0.254 e. The van der Waals surface area contributed by atoms with Crippen LogP contribution < -0.4 is 5.73 Å². The average Bonchev–Trinajstić information content (AvgIpc) is 3.11. The van der Waals surface area contributed by atoms with Crippen LogP contribution in [0.4, 0.5) is 0 Å². The highest BCUT2D eigenvalue weighted by molar-refractivity contribution is 5.96. The lowest BCUT2D eigenvalue weighted by atomic mass is 10.0. The van der Waals surface area contributed by atoms with Gasteiger partial charge < -0.3 is 10.6 Å². The molecule has 20 heavy (non-hydrogen) atoms. The monoisotopic (exact) mass is 270 g/mol. The van der Waals surface area contributed by atoms with Crippen LogP contribution in [0.2, 0.25) is 0 Å². The Morgan fingerprint density at radius 1 is 1.50 bits per heavy atom. The van der Waals surface area contributed by atoms with Gasteiger partial charge in [-0.25, -0.2) is 0 Å². The molecule has 1 aliphatic rings. The van der Waals surface area contributed by atoms with Gasteiger partial charge in [0.1, 0.15) is 0 Å². The van der Waals surface area contributed by atoms with E-state index in [1.807, 2.05) is 37.1 Å². The van der Waals surface area contributed by atoms with E-state index in [2.05, 4.69) is 18.8 Å². The van der Waals surface area contributed by atoms with Gasteiger partial charge in [-0.05, 0) is 42.9 Å². The molecule has 1 aromatic carbocycles. The fraction of sp³-hybridized carbons (Fsp3) is 0.471. The molecule has 2 rings (SSSR count). The molecular formula is C17H22N2O. The lowest BCUT2D eigenvalue weighted by molar-refractivity contribution is 0.0787. The summed E-state index contributed by atoms with van der Waals surface area (Å²) in [7, 11) is 1.87. The molecule has 1 aliphatic carbocycles. The third kappa shape index (κ3) is 3.40. The van der Waals surface area contributed by atoms with Crippen LogP contribution in [-0.4, -0.2) is 30.9 Å². The molecule has 0 radical (unpaired) electrons. The van der Waals surface area contributed by atoms with Crippen molar-refractivity contribution in [1.82, 2.24) is 4.90 Å². The minimum atomic E-state index is 0.0467. The van der Waals surface area contributed by atoms with Crippen LogP contribution in [0.5, 0.6) is 0 Å². The molecule has 1 saturated carbocycles. The van der Waals surface area contributed by atoms with Crippen LogP contribution in [0.1, 0.15) is 34.8 Å². The fourth-order valence-electron chi connectivity index (χ4n) is 2.39. The Hall–Kier alpha value is -1.79. The van der Waals surface area contributed by atoms with Gasteiger partial charge in [-0.3, -0.25) is 4.79 Å². The van der Waals surface area contributed by atoms with Gasteiger partial charge >= 0.3 is 0 Å². The topological polar surface area (TPSA) is 46.3 Å². The van der Waals surface area contributed by atoms with Crippen molar-refractivity contribution in [2.45, 2.75) is 20.3 Å². The number of benzene rings is 1. The van der Waals surface area contributed by atoms with Crippen molar-refractivity contribution in [1.29, 1.82) is 0 Å². The van der Waals surface area contributed by atoms with Gasteiger partial charge in [0.2, 0.25) is 0 Å². The van der Waals surface area contributed by atoms with E-state index in [0.29, 0.717) is 18.0 Å². The Morgan fingerprint density at radius 2 is 2.20 bits per heavy atom. The van der Waals surface area contributed by atoms with Crippen LogP contribution in [0.15, 0.2) is 18.2 Å². The van der Waals surface area contributed by atoms with Gasteiger partial charge in [0.25, 0.3) is 5.91 Å². The highest BCUT2D eigenvalue weighted by Crippen LogP contribution is 2.38. The molecule has 106 valence electrons. The van der Waals surface area contributed by atoms with Gasteiger partial charge in [0.05, 0.1) is 12.1 Å². The van der Waals surface area contributed by atoms with Crippen molar-refractivity contribution < 1.29 is 4.79 Å². The predicted molar refractivity (Wildman–Crippen MR) is 81.3 cm³/mol. The molecule has 0 spiro atoms. The van der Waals surface area contributed by atoms with E-state index < -0.39 is 0 Å². The van der Waals surface area contributed by atoms with Crippen LogP contribution in [0, 0.1) is 30.6 Å². The Kier molecular flexibility index (Phi) is 4.46. The van der Waals surface area contributed by atoms with E-state index in [4.69, 9.17) is 5.73 Å². The zero-order chi connectivity index (χ0) is 14.7. The molecule has 0 aromatic heterocycles. The van der Waals surface area contributed by atoms with Crippen LogP contribution in [0.25, 0.3) is 0 Å². The zero-order valence-electron chi connectivity index (χ0n) is 12.4. The summed E-state index contributed by atoms with van der Waals surface area (Å²) in [6.07, 6.45) is 1.23. The third-order valence-electron chi connectivity index (χ3n) is 3.86. The largest absolute Gasteiger partial charge is 0.341 e. The normalized spacial score (nSPS) is 20.0. The number of nitrogens with two attached hydrogens (primary N) is 1. The number of rotatable bonds is 3. The van der Waals surface area contributed by atoms with Crippen LogP contribution in [0.3, 0.4) is 0 Å². The number of carbonyl (C=O) groups is 1. The standard InChI is InChI=1S/C17H22N2O/c1-12-6-7-16(14(9-12)5-4-8-18)17(20)19(3)11-15-10-13(15)2/h6-7,9,13,15H,8,10-11,18H2,1-3H3. The lowest BCUT2D eigenvalue weighted by Crippen LogP contribution is -2.29. The number of aryl methyl sites for hydroxylation is 1. The summed E-state index contributed by atoms with van der Waals surface area (Å²) in [5.41, 5.74) is 7.97. The van der Waals surface area contributed by atoms with Gasteiger partial charge in [-0.2, -0.15) is 0 Å². The Balaban J connectivity index is 2.19. The van der Waals surface area contributed by atoms with Gasteiger partial charge in [0.15, 0.2) is 0 Å². The summed E-state index contributed by atoms with van der Waals surface area (Å²) < 4.78 is 0. The summed E-state index contributed by atoms with van der Waals surface area (Å²) in [6.45, 7) is 5.36. The second kappa shape index (κ2) is 6.11. The molecule has 1 amide bonds. The molecule has 0 heterocycles. The molecule has 2 unspecified atom stereocenters. The van der Waals surface area contributed by atoms with Crippen molar-refractivity contribution in [3.05, 3.63) is 34.9 Å². The molecule has 3 nitrogen and oxygen atoms in total. The Bertz CT molecular complexity index is 568. The first-order valence-corrected chi connectivity index (χ1v) is 7.08. The summed E-state index contributed by atoms with van der Waals surface area (Å²) in [5, 5.41) is 0.